The van der Waals surface area contributed by atoms with Crippen LogP contribution in [0.1, 0.15) is 5.56 Å². The Kier molecular flexibility index (Phi) is 4.72. The van der Waals surface area contributed by atoms with E-state index in [4.69, 9.17) is 5.73 Å². The van der Waals surface area contributed by atoms with Crippen molar-refractivity contribution in [1.29, 1.82) is 0 Å². The third-order valence-electron chi connectivity index (χ3n) is 2.64. The van der Waals surface area contributed by atoms with Gasteiger partial charge >= 0.3 is 0 Å². The summed E-state index contributed by atoms with van der Waals surface area (Å²) >= 11 is 0. The fourth-order valence-corrected chi connectivity index (χ4v) is 2.87. The molecular formula is C12H21N3O2S. The second-order valence-corrected chi connectivity index (χ2v) is 6.75. The van der Waals surface area contributed by atoms with E-state index in [0.29, 0.717) is 18.8 Å². The van der Waals surface area contributed by atoms with Crippen LogP contribution in [0, 0.1) is 6.92 Å². The molecule has 0 unspecified atom stereocenters. The lowest BCUT2D eigenvalue weighted by molar-refractivity contribution is 0.358. The summed E-state index contributed by atoms with van der Waals surface area (Å²) in [5.41, 5.74) is 7.00. The van der Waals surface area contributed by atoms with Gasteiger partial charge < -0.3 is 10.6 Å². The molecule has 0 fully saturated rings. The molecule has 0 amide bonds. The number of benzene rings is 1. The molecule has 6 heteroatoms. The average Bonchev–Trinajstić information content (AvgIpc) is 2.24. The number of rotatable bonds is 5. The number of nitrogen functional groups attached to an aromatic ring is 1. The largest absolute Gasteiger partial charge is 0.399 e. The molecule has 1 rings (SSSR count). The van der Waals surface area contributed by atoms with Crippen LogP contribution in [0.5, 0.6) is 0 Å². The lowest BCUT2D eigenvalue weighted by Gasteiger charge is -2.19. The molecule has 0 radical (unpaired) electrons. The van der Waals surface area contributed by atoms with Crippen LogP contribution >= 0.6 is 0 Å². The molecule has 5 nitrogen and oxygen atoms in total. The first kappa shape index (κ1) is 14.9. The van der Waals surface area contributed by atoms with Crippen LogP contribution in [0.3, 0.4) is 0 Å². The Balaban J connectivity index is 2.98. The highest BCUT2D eigenvalue weighted by Gasteiger charge is 2.21. The molecule has 0 aromatic heterocycles. The smallest absolute Gasteiger partial charge is 0.242 e. The summed E-state index contributed by atoms with van der Waals surface area (Å²) in [5, 5.41) is 0. The molecule has 1 aromatic carbocycles. The van der Waals surface area contributed by atoms with Gasteiger partial charge in [-0.25, -0.2) is 8.42 Å². The molecule has 0 atom stereocenters. The summed E-state index contributed by atoms with van der Waals surface area (Å²) in [6.45, 7) is 2.95. The van der Waals surface area contributed by atoms with Crippen molar-refractivity contribution in [2.45, 2.75) is 11.8 Å². The minimum absolute atomic E-state index is 0.251. The van der Waals surface area contributed by atoms with E-state index in [2.05, 4.69) is 0 Å². The van der Waals surface area contributed by atoms with Crippen LogP contribution < -0.4 is 5.73 Å². The number of nitrogens with two attached hydrogens (primary N) is 1. The summed E-state index contributed by atoms with van der Waals surface area (Å²) in [7, 11) is 1.94. The second-order valence-electron chi connectivity index (χ2n) is 4.71. The fourth-order valence-electron chi connectivity index (χ4n) is 1.57. The third kappa shape index (κ3) is 3.69. The Labute approximate surface area is 109 Å². The predicted octanol–water partition coefficient (Wildman–Crippen LogP) is 0.759. The molecule has 18 heavy (non-hydrogen) atoms. The Morgan fingerprint density at radius 1 is 1.11 bits per heavy atom. The molecule has 2 N–H and O–H groups in total. The second kappa shape index (κ2) is 5.69. The van der Waals surface area contributed by atoms with Crippen molar-refractivity contribution in [3.8, 4) is 0 Å². The lowest BCUT2D eigenvalue weighted by Crippen LogP contribution is -2.33. The van der Waals surface area contributed by atoms with Gasteiger partial charge in [-0.3, -0.25) is 0 Å². The summed E-state index contributed by atoms with van der Waals surface area (Å²) in [6.07, 6.45) is 0. The zero-order valence-electron chi connectivity index (χ0n) is 11.3. The topological polar surface area (TPSA) is 66.6 Å². The SMILES string of the molecule is Cc1cc(N)cc(S(=O)(=O)N(C)CCN(C)C)c1. The van der Waals surface area contributed by atoms with E-state index in [9.17, 15) is 8.42 Å². The summed E-state index contributed by atoms with van der Waals surface area (Å²) < 4.78 is 26.0. The number of hydrogen-bond donors (Lipinski definition) is 1. The van der Waals surface area contributed by atoms with Gasteiger partial charge in [0.25, 0.3) is 0 Å². The minimum Gasteiger partial charge on any atom is -0.399 e. The van der Waals surface area contributed by atoms with Gasteiger partial charge in [-0.1, -0.05) is 0 Å². The van der Waals surface area contributed by atoms with Gasteiger partial charge in [-0.05, 0) is 44.8 Å². The highest BCUT2D eigenvalue weighted by atomic mass is 32.2. The molecule has 0 spiro atoms. The van der Waals surface area contributed by atoms with Gasteiger partial charge in [0, 0.05) is 25.8 Å². The minimum atomic E-state index is -3.45. The van der Waals surface area contributed by atoms with Crippen LogP contribution in [-0.2, 0) is 10.0 Å². The molecule has 0 aliphatic rings. The van der Waals surface area contributed by atoms with Gasteiger partial charge in [0.05, 0.1) is 4.90 Å². The lowest BCUT2D eigenvalue weighted by atomic mass is 10.2. The first-order valence-electron chi connectivity index (χ1n) is 5.71. The molecule has 0 bridgehead atoms. The van der Waals surface area contributed by atoms with E-state index in [1.807, 2.05) is 25.9 Å². The zero-order valence-corrected chi connectivity index (χ0v) is 12.2. The monoisotopic (exact) mass is 271 g/mol. The highest BCUT2D eigenvalue weighted by molar-refractivity contribution is 7.89. The van der Waals surface area contributed by atoms with Crippen molar-refractivity contribution >= 4 is 15.7 Å². The van der Waals surface area contributed by atoms with Crippen molar-refractivity contribution in [2.75, 3.05) is 40.0 Å². The molecule has 0 aliphatic carbocycles. The molecule has 0 aliphatic heterocycles. The first-order chi connectivity index (χ1) is 8.23. The van der Waals surface area contributed by atoms with E-state index in [1.54, 1.807) is 19.2 Å². The van der Waals surface area contributed by atoms with Crippen molar-refractivity contribution in [3.05, 3.63) is 23.8 Å². The van der Waals surface area contributed by atoms with Crippen molar-refractivity contribution < 1.29 is 8.42 Å². The summed E-state index contributed by atoms with van der Waals surface area (Å²) in [5.74, 6) is 0. The molecule has 0 saturated heterocycles. The van der Waals surface area contributed by atoms with Crippen LogP contribution in [0.2, 0.25) is 0 Å². The number of likely N-dealkylation sites (N-methyl/N-ethyl adjacent to an activating group) is 2. The van der Waals surface area contributed by atoms with E-state index in [1.165, 1.54) is 10.4 Å². The van der Waals surface area contributed by atoms with Gasteiger partial charge in [0.2, 0.25) is 10.0 Å². The fraction of sp³-hybridized carbons (Fsp3) is 0.500. The maximum atomic E-state index is 12.3. The highest BCUT2D eigenvalue weighted by Crippen LogP contribution is 2.19. The van der Waals surface area contributed by atoms with Crippen LogP contribution in [0.25, 0.3) is 0 Å². The number of anilines is 1. The average molecular weight is 271 g/mol. The zero-order chi connectivity index (χ0) is 13.9. The van der Waals surface area contributed by atoms with Crippen LogP contribution in [0.15, 0.2) is 23.1 Å². The molecule has 0 heterocycles. The number of sulfonamides is 1. The summed E-state index contributed by atoms with van der Waals surface area (Å²) in [4.78, 5) is 2.19. The van der Waals surface area contributed by atoms with Gasteiger partial charge in [-0.15, -0.1) is 0 Å². The number of nitrogens with zero attached hydrogens (tertiary/aromatic N) is 2. The van der Waals surface area contributed by atoms with Crippen LogP contribution in [-0.4, -0.2) is 51.9 Å². The molecule has 102 valence electrons. The quantitative estimate of drug-likeness (QED) is 0.803. The molecular weight excluding hydrogens is 250 g/mol. The molecule has 1 aromatic rings. The van der Waals surface area contributed by atoms with Crippen molar-refractivity contribution in [1.82, 2.24) is 9.21 Å². The standard InChI is InChI=1S/C12H21N3O2S/c1-10-7-11(13)9-12(8-10)18(16,17)15(4)6-5-14(2)3/h7-9H,5-6,13H2,1-4H3. The van der Waals surface area contributed by atoms with Gasteiger partial charge in [0.15, 0.2) is 0 Å². The first-order valence-corrected chi connectivity index (χ1v) is 7.15. The Bertz CT molecular complexity index is 492. The predicted molar refractivity (Wildman–Crippen MR) is 74.0 cm³/mol. The van der Waals surface area contributed by atoms with E-state index in [-0.39, 0.29) is 4.90 Å². The van der Waals surface area contributed by atoms with Gasteiger partial charge in [-0.2, -0.15) is 4.31 Å². The summed E-state index contributed by atoms with van der Waals surface area (Å²) in [6, 6.07) is 4.88. The Hall–Kier alpha value is -1.11. The number of aryl methyl sites for hydroxylation is 1. The van der Waals surface area contributed by atoms with Crippen molar-refractivity contribution in [3.63, 3.8) is 0 Å². The van der Waals surface area contributed by atoms with E-state index >= 15 is 0 Å². The van der Waals surface area contributed by atoms with E-state index in [0.717, 1.165) is 5.56 Å². The Morgan fingerprint density at radius 3 is 2.22 bits per heavy atom. The maximum Gasteiger partial charge on any atom is 0.242 e. The maximum absolute atomic E-state index is 12.3. The number of hydrogen-bond acceptors (Lipinski definition) is 4. The van der Waals surface area contributed by atoms with E-state index < -0.39 is 10.0 Å². The van der Waals surface area contributed by atoms with Gasteiger partial charge in [0.1, 0.15) is 0 Å². The van der Waals surface area contributed by atoms with Crippen molar-refractivity contribution in [2.24, 2.45) is 0 Å². The molecule has 0 saturated carbocycles. The third-order valence-corrected chi connectivity index (χ3v) is 4.48. The normalized spacial score (nSPS) is 12.3. The van der Waals surface area contributed by atoms with Crippen LogP contribution in [0.4, 0.5) is 5.69 Å². The Morgan fingerprint density at radius 2 is 1.72 bits per heavy atom.